The first kappa shape index (κ1) is 29.2. The van der Waals surface area contributed by atoms with Gasteiger partial charge in [0.2, 0.25) is 21.8 Å². The minimum absolute atomic E-state index is 0.0394. The van der Waals surface area contributed by atoms with Gasteiger partial charge in [0.05, 0.1) is 11.9 Å². The molecule has 1 atom stereocenters. The number of hydrogen-bond donors (Lipinski definition) is 1. The number of carbonyl (C=O) groups excluding carboxylic acids is 2. The van der Waals surface area contributed by atoms with Crippen molar-refractivity contribution in [1.82, 2.24) is 10.2 Å². The molecule has 3 rings (SSSR count). The van der Waals surface area contributed by atoms with E-state index in [0.29, 0.717) is 22.8 Å². The second-order valence-corrected chi connectivity index (χ2v) is 11.6. The Morgan fingerprint density at radius 1 is 0.947 bits per heavy atom. The van der Waals surface area contributed by atoms with Gasteiger partial charge in [0.15, 0.2) is 0 Å². The third-order valence-electron chi connectivity index (χ3n) is 6.38. The minimum atomic E-state index is -3.81. The normalized spacial score (nSPS) is 12.0. The molecule has 2 amide bonds. The van der Waals surface area contributed by atoms with E-state index in [1.54, 1.807) is 36.4 Å². The van der Waals surface area contributed by atoms with Crippen molar-refractivity contribution in [3.05, 3.63) is 100 Å². The topological polar surface area (TPSA) is 86.8 Å². The number of nitrogens with one attached hydrogen (secondary N) is 1. The van der Waals surface area contributed by atoms with E-state index in [1.165, 1.54) is 4.90 Å². The maximum atomic E-state index is 14.0. The van der Waals surface area contributed by atoms with Gasteiger partial charge in [-0.15, -0.1) is 0 Å². The fourth-order valence-corrected chi connectivity index (χ4v) is 5.19. The largest absolute Gasteiger partial charge is 0.355 e. The van der Waals surface area contributed by atoms with Gasteiger partial charge in [-0.25, -0.2) is 8.42 Å². The van der Waals surface area contributed by atoms with Gasteiger partial charge >= 0.3 is 0 Å². The van der Waals surface area contributed by atoms with Crippen molar-refractivity contribution in [3.8, 4) is 0 Å². The van der Waals surface area contributed by atoms with Gasteiger partial charge in [0.25, 0.3) is 0 Å². The molecular weight excluding hydrogens is 522 g/mol. The number of carbonyl (C=O) groups is 2. The zero-order valence-corrected chi connectivity index (χ0v) is 23.7. The highest BCUT2D eigenvalue weighted by atomic mass is 35.5. The maximum absolute atomic E-state index is 14.0. The summed E-state index contributed by atoms with van der Waals surface area (Å²) in [6.07, 6.45) is 1.32. The fraction of sp³-hybridized carbons (Fsp3) is 0.310. The molecule has 3 aromatic rings. The molecule has 0 aliphatic rings. The number of sulfonamides is 1. The molecule has 0 aliphatic heterocycles. The molecule has 0 bridgehead atoms. The molecule has 0 radical (unpaired) electrons. The second kappa shape index (κ2) is 12.9. The van der Waals surface area contributed by atoms with E-state index >= 15 is 0 Å². The SMILES string of the molecule is CCNC(=O)C(Cc1ccccc1)N(Cc1ccccc1Cl)C(=O)CN(c1ccc(C)c(C)c1)S(C)(=O)=O. The van der Waals surface area contributed by atoms with Crippen LogP contribution in [-0.2, 0) is 32.6 Å². The lowest BCUT2D eigenvalue weighted by Gasteiger charge is -2.33. The number of aryl methyl sites for hydroxylation is 2. The van der Waals surface area contributed by atoms with Crippen LogP contribution in [0.5, 0.6) is 0 Å². The van der Waals surface area contributed by atoms with Gasteiger partial charge in [-0.3, -0.25) is 13.9 Å². The van der Waals surface area contributed by atoms with Crippen molar-refractivity contribution in [2.24, 2.45) is 0 Å². The van der Waals surface area contributed by atoms with Gasteiger partial charge in [-0.2, -0.15) is 0 Å². The number of anilines is 1. The number of benzene rings is 3. The maximum Gasteiger partial charge on any atom is 0.244 e. The first-order chi connectivity index (χ1) is 18.0. The Morgan fingerprint density at radius 3 is 2.21 bits per heavy atom. The molecule has 0 saturated carbocycles. The minimum Gasteiger partial charge on any atom is -0.355 e. The van der Waals surface area contributed by atoms with Crippen molar-refractivity contribution in [1.29, 1.82) is 0 Å². The quantitative estimate of drug-likeness (QED) is 0.377. The van der Waals surface area contributed by atoms with Gasteiger partial charge in [0, 0.05) is 24.5 Å². The summed E-state index contributed by atoms with van der Waals surface area (Å²) in [6.45, 7) is 5.59. The molecule has 3 aromatic carbocycles. The predicted molar refractivity (Wildman–Crippen MR) is 153 cm³/mol. The molecule has 0 aromatic heterocycles. The van der Waals surface area contributed by atoms with Gasteiger partial charge in [0.1, 0.15) is 12.6 Å². The highest BCUT2D eigenvalue weighted by Crippen LogP contribution is 2.24. The predicted octanol–water partition coefficient (Wildman–Crippen LogP) is 4.50. The van der Waals surface area contributed by atoms with Gasteiger partial charge < -0.3 is 10.2 Å². The number of likely N-dealkylation sites (N-methyl/N-ethyl adjacent to an activating group) is 1. The van der Waals surface area contributed by atoms with Crippen LogP contribution in [0, 0.1) is 13.8 Å². The smallest absolute Gasteiger partial charge is 0.244 e. The molecule has 1 unspecified atom stereocenters. The molecule has 7 nitrogen and oxygen atoms in total. The third kappa shape index (κ3) is 7.58. The van der Waals surface area contributed by atoms with Crippen LogP contribution in [0.1, 0.15) is 29.2 Å². The second-order valence-electron chi connectivity index (χ2n) is 9.25. The Balaban J connectivity index is 2.06. The van der Waals surface area contributed by atoms with Crippen LogP contribution in [0.3, 0.4) is 0 Å². The molecule has 38 heavy (non-hydrogen) atoms. The Hall–Kier alpha value is -3.36. The summed E-state index contributed by atoms with van der Waals surface area (Å²) in [5.74, 6) is -0.838. The third-order valence-corrected chi connectivity index (χ3v) is 7.89. The fourth-order valence-electron chi connectivity index (χ4n) is 4.15. The van der Waals surface area contributed by atoms with Crippen LogP contribution >= 0.6 is 11.6 Å². The average Bonchev–Trinajstić information content (AvgIpc) is 2.87. The molecule has 0 aliphatic carbocycles. The number of hydrogen-bond acceptors (Lipinski definition) is 4. The van der Waals surface area contributed by atoms with E-state index in [0.717, 1.165) is 27.3 Å². The van der Waals surface area contributed by atoms with E-state index in [9.17, 15) is 18.0 Å². The molecule has 9 heteroatoms. The molecule has 0 saturated heterocycles. The summed E-state index contributed by atoms with van der Waals surface area (Å²) < 4.78 is 26.8. The van der Waals surface area contributed by atoms with Crippen molar-refractivity contribution in [3.63, 3.8) is 0 Å². The first-order valence-electron chi connectivity index (χ1n) is 12.4. The van der Waals surface area contributed by atoms with Crippen molar-refractivity contribution < 1.29 is 18.0 Å². The Morgan fingerprint density at radius 2 is 1.61 bits per heavy atom. The number of halogens is 1. The molecule has 202 valence electrons. The van der Waals surface area contributed by atoms with Crippen LogP contribution in [-0.4, -0.2) is 50.5 Å². The lowest BCUT2D eigenvalue weighted by atomic mass is 10.0. The van der Waals surface area contributed by atoms with E-state index in [-0.39, 0.29) is 18.9 Å². The Bertz CT molecular complexity index is 1380. The number of rotatable bonds is 11. The molecular formula is C29H34ClN3O4S. The van der Waals surface area contributed by atoms with Crippen LogP contribution in [0.15, 0.2) is 72.8 Å². The Labute approximate surface area is 230 Å². The lowest BCUT2D eigenvalue weighted by Crippen LogP contribution is -2.53. The number of amides is 2. The zero-order valence-electron chi connectivity index (χ0n) is 22.1. The average molecular weight is 556 g/mol. The van der Waals surface area contributed by atoms with Gasteiger partial charge in [-0.05, 0) is 61.2 Å². The number of nitrogens with zero attached hydrogens (tertiary/aromatic N) is 2. The molecule has 1 N–H and O–H groups in total. The summed E-state index contributed by atoms with van der Waals surface area (Å²) in [5.41, 5.74) is 3.82. The highest BCUT2D eigenvalue weighted by Gasteiger charge is 2.33. The van der Waals surface area contributed by atoms with E-state index in [2.05, 4.69) is 5.32 Å². The summed E-state index contributed by atoms with van der Waals surface area (Å²) in [5, 5.41) is 3.29. The summed E-state index contributed by atoms with van der Waals surface area (Å²) in [6, 6.07) is 20.9. The molecule has 0 fully saturated rings. The van der Waals surface area contributed by atoms with Crippen LogP contribution in [0.2, 0.25) is 5.02 Å². The van der Waals surface area contributed by atoms with Crippen LogP contribution < -0.4 is 9.62 Å². The molecule has 0 heterocycles. The standard InChI is InChI=1S/C29H34ClN3O4S/c1-5-31-29(35)27(18-23-11-7-6-8-12-23)32(19-24-13-9-10-14-26(24)30)28(34)20-33(38(4,36)37)25-16-15-21(2)22(3)17-25/h6-17,27H,5,18-20H2,1-4H3,(H,31,35). The summed E-state index contributed by atoms with van der Waals surface area (Å²) >= 11 is 6.44. The van der Waals surface area contributed by atoms with Gasteiger partial charge in [-0.1, -0.05) is 66.2 Å². The first-order valence-corrected chi connectivity index (χ1v) is 14.6. The summed E-state index contributed by atoms with van der Waals surface area (Å²) in [7, 11) is -3.81. The highest BCUT2D eigenvalue weighted by molar-refractivity contribution is 7.92. The zero-order chi connectivity index (χ0) is 27.9. The van der Waals surface area contributed by atoms with E-state index in [4.69, 9.17) is 11.6 Å². The van der Waals surface area contributed by atoms with Crippen molar-refractivity contribution in [2.75, 3.05) is 23.7 Å². The van der Waals surface area contributed by atoms with Crippen molar-refractivity contribution in [2.45, 2.75) is 39.8 Å². The molecule has 0 spiro atoms. The van der Waals surface area contributed by atoms with Crippen LogP contribution in [0.25, 0.3) is 0 Å². The van der Waals surface area contributed by atoms with E-state index in [1.807, 2.05) is 57.2 Å². The van der Waals surface area contributed by atoms with E-state index < -0.39 is 28.5 Å². The Kier molecular flexibility index (Phi) is 9.94. The monoisotopic (exact) mass is 555 g/mol. The van der Waals surface area contributed by atoms with Crippen molar-refractivity contribution >= 4 is 39.1 Å². The lowest BCUT2D eigenvalue weighted by molar-refractivity contribution is -0.140. The van der Waals surface area contributed by atoms with Crippen LogP contribution in [0.4, 0.5) is 5.69 Å². The summed E-state index contributed by atoms with van der Waals surface area (Å²) in [4.78, 5) is 28.7.